The average molecular weight is 279 g/mol. The molecule has 0 radical (unpaired) electrons. The molecule has 0 aliphatic carbocycles. The molecule has 0 amide bonds. The predicted octanol–water partition coefficient (Wildman–Crippen LogP) is -0.620. The van der Waals surface area contributed by atoms with E-state index >= 15 is 0 Å². The fourth-order valence-electron chi connectivity index (χ4n) is 0. The van der Waals surface area contributed by atoms with E-state index < -0.39 is 8.25 Å². The summed E-state index contributed by atoms with van der Waals surface area (Å²) in [5.41, 5.74) is 0. The Morgan fingerprint density at radius 3 is 2.00 bits per heavy atom. The third-order valence-corrected chi connectivity index (χ3v) is 0.500. The summed E-state index contributed by atoms with van der Waals surface area (Å²) < 4.78 is 13.0. The maximum atomic E-state index is 9.22. The van der Waals surface area contributed by atoms with Crippen LogP contribution in [0.25, 0.3) is 0 Å². The SMILES string of the molecule is CO[PH](=O)[O-].[W]. The second-order valence-electron chi connectivity index (χ2n) is 0.454. The van der Waals surface area contributed by atoms with Crippen LogP contribution in [0.15, 0.2) is 0 Å². The molecule has 0 bridgehead atoms. The summed E-state index contributed by atoms with van der Waals surface area (Å²) in [4.78, 5) is 9.22. The zero-order valence-corrected chi connectivity index (χ0v) is 7.07. The van der Waals surface area contributed by atoms with Crippen LogP contribution in [0.4, 0.5) is 0 Å². The van der Waals surface area contributed by atoms with Crippen molar-refractivity contribution >= 4 is 8.25 Å². The van der Waals surface area contributed by atoms with Crippen molar-refractivity contribution in [1.29, 1.82) is 0 Å². The van der Waals surface area contributed by atoms with Crippen LogP contribution >= 0.6 is 8.25 Å². The van der Waals surface area contributed by atoms with Gasteiger partial charge in [-0.25, -0.2) is 0 Å². The maximum Gasteiger partial charge on any atom is 0.121 e. The Labute approximate surface area is 50.9 Å². The van der Waals surface area contributed by atoms with Gasteiger partial charge in [0, 0.05) is 28.2 Å². The smallest absolute Gasteiger partial charge is 0.121 e. The van der Waals surface area contributed by atoms with Gasteiger partial charge >= 0.3 is 0 Å². The third kappa shape index (κ3) is 8.85. The van der Waals surface area contributed by atoms with Gasteiger partial charge < -0.3 is 14.0 Å². The van der Waals surface area contributed by atoms with Crippen LogP contribution < -0.4 is 4.89 Å². The van der Waals surface area contributed by atoms with Crippen LogP contribution in [0.2, 0.25) is 0 Å². The summed E-state index contributed by atoms with van der Waals surface area (Å²) in [6.45, 7) is 0. The summed E-state index contributed by atoms with van der Waals surface area (Å²) in [6.07, 6.45) is 0. The first kappa shape index (κ1) is 9.96. The van der Waals surface area contributed by atoms with Gasteiger partial charge in [-0.3, -0.25) is 0 Å². The molecule has 0 aromatic rings. The van der Waals surface area contributed by atoms with Crippen molar-refractivity contribution in [2.75, 3.05) is 7.11 Å². The second kappa shape index (κ2) is 5.84. The molecule has 1 unspecified atom stereocenters. The monoisotopic (exact) mass is 279 g/mol. The summed E-state index contributed by atoms with van der Waals surface area (Å²) in [6, 6.07) is 0. The van der Waals surface area contributed by atoms with Crippen molar-refractivity contribution in [3.05, 3.63) is 0 Å². The van der Waals surface area contributed by atoms with E-state index in [2.05, 4.69) is 4.52 Å². The van der Waals surface area contributed by atoms with Gasteiger partial charge in [-0.15, -0.1) is 0 Å². The molecule has 6 heavy (non-hydrogen) atoms. The zero-order valence-electron chi connectivity index (χ0n) is 3.13. The minimum Gasteiger partial charge on any atom is -0.781 e. The molecule has 0 rings (SSSR count). The molecule has 0 aromatic carbocycles. The molecular formula is CH4O3PW-. The van der Waals surface area contributed by atoms with E-state index in [9.17, 15) is 9.46 Å². The van der Waals surface area contributed by atoms with Gasteiger partial charge in [0.2, 0.25) is 0 Å². The molecule has 0 spiro atoms. The Bertz CT molecular complexity index is 46.1. The summed E-state index contributed by atoms with van der Waals surface area (Å²) in [5.74, 6) is 0. The van der Waals surface area contributed by atoms with Gasteiger partial charge in [0.05, 0.1) is 0 Å². The van der Waals surface area contributed by atoms with E-state index in [1.165, 1.54) is 0 Å². The first-order valence-corrected chi connectivity index (χ1v) is 2.25. The normalized spacial score (nSPS) is 12.3. The molecule has 0 N–H and O–H groups in total. The number of hydrogen-bond acceptors (Lipinski definition) is 3. The molecule has 0 aliphatic heterocycles. The summed E-state index contributed by atoms with van der Waals surface area (Å²) in [5, 5.41) is 0. The largest absolute Gasteiger partial charge is 0.781 e. The van der Waals surface area contributed by atoms with E-state index in [1.54, 1.807) is 0 Å². The molecule has 38 valence electrons. The van der Waals surface area contributed by atoms with Gasteiger partial charge in [-0.05, 0) is 0 Å². The van der Waals surface area contributed by atoms with Crippen LogP contribution in [-0.4, -0.2) is 7.11 Å². The Hall–Kier alpha value is 0.838. The third-order valence-electron chi connectivity index (χ3n) is 0.167. The first-order chi connectivity index (χ1) is 2.27. The number of rotatable bonds is 1. The van der Waals surface area contributed by atoms with E-state index in [0.717, 1.165) is 7.11 Å². The Morgan fingerprint density at radius 1 is 1.83 bits per heavy atom. The fourth-order valence-corrected chi connectivity index (χ4v) is 0. The minimum absolute atomic E-state index is 0. The Morgan fingerprint density at radius 2 is 2.00 bits per heavy atom. The van der Waals surface area contributed by atoms with E-state index in [1.807, 2.05) is 0 Å². The van der Waals surface area contributed by atoms with Gasteiger partial charge in [-0.1, -0.05) is 0 Å². The van der Waals surface area contributed by atoms with Crippen molar-refractivity contribution in [3.63, 3.8) is 0 Å². The van der Waals surface area contributed by atoms with Crippen molar-refractivity contribution in [2.45, 2.75) is 0 Å². The summed E-state index contributed by atoms with van der Waals surface area (Å²) in [7, 11) is -1.75. The van der Waals surface area contributed by atoms with Crippen LogP contribution in [0.5, 0.6) is 0 Å². The van der Waals surface area contributed by atoms with Crippen molar-refractivity contribution < 1.29 is 35.0 Å². The first-order valence-electron chi connectivity index (χ1n) is 1.02. The van der Waals surface area contributed by atoms with Crippen molar-refractivity contribution in [2.24, 2.45) is 0 Å². The molecule has 0 saturated carbocycles. The van der Waals surface area contributed by atoms with Crippen LogP contribution in [-0.2, 0) is 30.2 Å². The van der Waals surface area contributed by atoms with Gasteiger partial charge in [0.25, 0.3) is 0 Å². The zero-order chi connectivity index (χ0) is 4.28. The minimum atomic E-state index is -2.87. The molecule has 0 saturated heterocycles. The Kier molecular flexibility index (Phi) is 9.69. The second-order valence-corrected chi connectivity index (χ2v) is 1.36. The predicted molar refractivity (Wildman–Crippen MR) is 16.0 cm³/mol. The molecule has 0 fully saturated rings. The quantitative estimate of drug-likeness (QED) is 0.601. The van der Waals surface area contributed by atoms with Gasteiger partial charge in [-0.2, -0.15) is 0 Å². The molecule has 5 heteroatoms. The fraction of sp³-hybridized carbons (Fsp3) is 1.00. The molecule has 0 aliphatic rings. The van der Waals surface area contributed by atoms with Gasteiger partial charge in [0.1, 0.15) is 8.25 Å². The van der Waals surface area contributed by atoms with Gasteiger partial charge in [0.15, 0.2) is 0 Å². The Balaban J connectivity index is 0. The standard InChI is InChI=1S/CH5O3P.W/c1-4-5(2)3;/h5H,1H3,(H,2,3);/p-1. The van der Waals surface area contributed by atoms with Crippen LogP contribution in [0.1, 0.15) is 0 Å². The number of hydrogen-bond donors (Lipinski definition) is 0. The molecule has 1 atom stereocenters. The van der Waals surface area contributed by atoms with Crippen molar-refractivity contribution in [1.82, 2.24) is 0 Å². The topological polar surface area (TPSA) is 49.4 Å². The molecule has 0 aromatic heterocycles. The van der Waals surface area contributed by atoms with Crippen LogP contribution in [0, 0.1) is 0 Å². The molecule has 3 nitrogen and oxygen atoms in total. The van der Waals surface area contributed by atoms with E-state index in [4.69, 9.17) is 0 Å². The summed E-state index contributed by atoms with van der Waals surface area (Å²) >= 11 is 0. The van der Waals surface area contributed by atoms with Crippen molar-refractivity contribution in [3.8, 4) is 0 Å². The van der Waals surface area contributed by atoms with Crippen LogP contribution in [0.3, 0.4) is 0 Å². The average Bonchev–Trinajstić information content (AvgIpc) is 1.38. The van der Waals surface area contributed by atoms with E-state index in [0.29, 0.717) is 0 Å². The molecular weight excluding hydrogens is 275 g/mol. The molecule has 0 heterocycles. The van der Waals surface area contributed by atoms with E-state index in [-0.39, 0.29) is 21.1 Å². The maximum absolute atomic E-state index is 9.22.